The van der Waals surface area contributed by atoms with Gasteiger partial charge >= 0.3 is 5.97 Å². The van der Waals surface area contributed by atoms with Crippen LogP contribution in [0.2, 0.25) is 0 Å². The minimum atomic E-state index is -0.437. The van der Waals surface area contributed by atoms with Crippen molar-refractivity contribution < 1.29 is 19.1 Å². The van der Waals surface area contributed by atoms with Crippen LogP contribution in [0.5, 0.6) is 0 Å². The molecule has 1 atom stereocenters. The van der Waals surface area contributed by atoms with E-state index in [1.165, 1.54) is 0 Å². The lowest BCUT2D eigenvalue weighted by Gasteiger charge is -2.13. The van der Waals surface area contributed by atoms with E-state index >= 15 is 0 Å². The van der Waals surface area contributed by atoms with Gasteiger partial charge in [0, 0.05) is 12.0 Å². The highest BCUT2D eigenvalue weighted by Gasteiger charge is 2.15. The summed E-state index contributed by atoms with van der Waals surface area (Å²) in [4.78, 5) is 11.6. The summed E-state index contributed by atoms with van der Waals surface area (Å²) < 4.78 is 10.4. The molecule has 0 aliphatic heterocycles. The Bertz CT molecular complexity index is 585. The van der Waals surface area contributed by atoms with Crippen LogP contribution in [-0.2, 0) is 4.74 Å². The summed E-state index contributed by atoms with van der Waals surface area (Å²) in [7, 11) is 0. The Balaban J connectivity index is 2.31. The minimum absolute atomic E-state index is 0.177. The van der Waals surface area contributed by atoms with Crippen LogP contribution in [0.4, 0.5) is 0 Å². The number of furan rings is 1. The van der Waals surface area contributed by atoms with E-state index in [0.29, 0.717) is 18.1 Å². The molecule has 0 spiro atoms. The van der Waals surface area contributed by atoms with Gasteiger partial charge in [-0.05, 0) is 49.4 Å². The SMILES string of the molecule is CCOC(=O)c1cc2cc(C(CC)CCO)ccc2o1. The summed E-state index contributed by atoms with van der Waals surface area (Å²) >= 11 is 0. The first-order chi connectivity index (χ1) is 9.69. The van der Waals surface area contributed by atoms with Crippen molar-refractivity contribution >= 4 is 16.9 Å². The van der Waals surface area contributed by atoms with E-state index in [-0.39, 0.29) is 12.4 Å². The number of aliphatic hydroxyl groups is 1. The highest BCUT2D eigenvalue weighted by Crippen LogP contribution is 2.28. The Morgan fingerprint density at radius 2 is 2.15 bits per heavy atom. The van der Waals surface area contributed by atoms with E-state index in [4.69, 9.17) is 14.3 Å². The van der Waals surface area contributed by atoms with Gasteiger partial charge in [-0.15, -0.1) is 0 Å². The Hall–Kier alpha value is -1.81. The van der Waals surface area contributed by atoms with Gasteiger partial charge in [-0.25, -0.2) is 4.79 Å². The van der Waals surface area contributed by atoms with Crippen LogP contribution in [0.15, 0.2) is 28.7 Å². The van der Waals surface area contributed by atoms with Crippen molar-refractivity contribution in [3.05, 3.63) is 35.6 Å². The van der Waals surface area contributed by atoms with Gasteiger partial charge in [-0.3, -0.25) is 0 Å². The maximum absolute atomic E-state index is 11.6. The minimum Gasteiger partial charge on any atom is -0.460 e. The van der Waals surface area contributed by atoms with E-state index in [1.807, 2.05) is 18.2 Å². The third-order valence-corrected chi connectivity index (χ3v) is 3.46. The monoisotopic (exact) mass is 276 g/mol. The quantitative estimate of drug-likeness (QED) is 0.820. The smallest absolute Gasteiger partial charge is 0.374 e. The van der Waals surface area contributed by atoms with Gasteiger partial charge in [-0.2, -0.15) is 0 Å². The zero-order valence-electron chi connectivity index (χ0n) is 11.9. The molecular formula is C16H20O4. The number of carbonyl (C=O) groups excluding carboxylic acids is 1. The average Bonchev–Trinajstić information content (AvgIpc) is 2.88. The topological polar surface area (TPSA) is 59.7 Å². The number of rotatable bonds is 6. The van der Waals surface area contributed by atoms with Crippen molar-refractivity contribution in [2.45, 2.75) is 32.6 Å². The van der Waals surface area contributed by atoms with Crippen LogP contribution >= 0.6 is 0 Å². The molecule has 0 amide bonds. The summed E-state index contributed by atoms with van der Waals surface area (Å²) in [5.74, 6) is 0.118. The molecule has 0 aliphatic rings. The standard InChI is InChI=1S/C16H20O4/c1-3-11(7-8-17)12-5-6-14-13(9-12)10-15(20-14)16(18)19-4-2/h5-6,9-11,17H,3-4,7-8H2,1-2H3. The van der Waals surface area contributed by atoms with Gasteiger partial charge < -0.3 is 14.3 Å². The third-order valence-electron chi connectivity index (χ3n) is 3.46. The summed E-state index contributed by atoms with van der Waals surface area (Å²) in [6.07, 6.45) is 1.71. The number of ether oxygens (including phenoxy) is 1. The molecule has 0 fully saturated rings. The van der Waals surface area contributed by atoms with E-state index in [9.17, 15) is 4.79 Å². The number of carbonyl (C=O) groups is 1. The molecule has 2 aromatic rings. The van der Waals surface area contributed by atoms with Gasteiger partial charge in [0.15, 0.2) is 0 Å². The predicted molar refractivity (Wildman–Crippen MR) is 76.9 cm³/mol. The molecular weight excluding hydrogens is 256 g/mol. The van der Waals surface area contributed by atoms with Gasteiger partial charge in [0.05, 0.1) is 6.61 Å². The number of hydrogen-bond donors (Lipinski definition) is 1. The third kappa shape index (κ3) is 3.02. The van der Waals surface area contributed by atoms with Gasteiger partial charge in [0.25, 0.3) is 0 Å². The molecule has 1 unspecified atom stereocenters. The van der Waals surface area contributed by atoms with Crippen molar-refractivity contribution in [3.63, 3.8) is 0 Å². The molecule has 4 nitrogen and oxygen atoms in total. The Kier molecular flexibility index (Phi) is 4.79. The van der Waals surface area contributed by atoms with Crippen molar-refractivity contribution in [1.82, 2.24) is 0 Å². The molecule has 20 heavy (non-hydrogen) atoms. The maximum Gasteiger partial charge on any atom is 0.374 e. The largest absolute Gasteiger partial charge is 0.460 e. The second-order valence-electron chi connectivity index (χ2n) is 4.75. The van der Waals surface area contributed by atoms with Gasteiger partial charge in [-0.1, -0.05) is 13.0 Å². The summed E-state index contributed by atoms with van der Waals surface area (Å²) in [5, 5.41) is 9.99. The zero-order chi connectivity index (χ0) is 14.5. The van der Waals surface area contributed by atoms with Crippen LogP contribution in [0.3, 0.4) is 0 Å². The second-order valence-corrected chi connectivity index (χ2v) is 4.75. The molecule has 2 rings (SSSR count). The number of aliphatic hydroxyl groups excluding tert-OH is 1. The Morgan fingerprint density at radius 3 is 2.80 bits per heavy atom. The Labute approximate surface area is 118 Å². The summed E-state index contributed by atoms with van der Waals surface area (Å²) in [6.45, 7) is 4.37. The van der Waals surface area contributed by atoms with Crippen molar-refractivity contribution in [3.8, 4) is 0 Å². The molecule has 108 valence electrons. The van der Waals surface area contributed by atoms with Gasteiger partial charge in [0.2, 0.25) is 5.76 Å². The molecule has 0 aliphatic carbocycles. The first-order valence-corrected chi connectivity index (χ1v) is 7.01. The van der Waals surface area contributed by atoms with Gasteiger partial charge in [0.1, 0.15) is 5.58 Å². The van der Waals surface area contributed by atoms with Crippen LogP contribution in [-0.4, -0.2) is 24.3 Å². The van der Waals surface area contributed by atoms with E-state index in [2.05, 4.69) is 6.92 Å². The fraction of sp³-hybridized carbons (Fsp3) is 0.438. The molecule has 1 aromatic carbocycles. The van der Waals surface area contributed by atoms with Crippen LogP contribution in [0.25, 0.3) is 11.0 Å². The fourth-order valence-electron chi connectivity index (χ4n) is 2.38. The lowest BCUT2D eigenvalue weighted by atomic mass is 9.93. The average molecular weight is 276 g/mol. The molecule has 0 saturated heterocycles. The van der Waals surface area contributed by atoms with Crippen LogP contribution in [0, 0.1) is 0 Å². The molecule has 1 heterocycles. The highest BCUT2D eigenvalue weighted by atomic mass is 16.5. The van der Waals surface area contributed by atoms with Crippen LogP contribution < -0.4 is 0 Å². The molecule has 0 radical (unpaired) electrons. The van der Waals surface area contributed by atoms with Crippen LogP contribution in [0.1, 0.15) is 48.7 Å². The van der Waals surface area contributed by atoms with E-state index in [1.54, 1.807) is 13.0 Å². The summed E-state index contributed by atoms with van der Waals surface area (Å²) in [5.41, 5.74) is 1.83. The second kappa shape index (κ2) is 6.57. The van der Waals surface area contributed by atoms with E-state index in [0.717, 1.165) is 23.8 Å². The Morgan fingerprint density at radius 1 is 1.35 bits per heavy atom. The van der Waals surface area contributed by atoms with Crippen molar-refractivity contribution in [2.75, 3.05) is 13.2 Å². The number of benzene rings is 1. The zero-order valence-corrected chi connectivity index (χ0v) is 11.9. The molecule has 1 aromatic heterocycles. The lowest BCUT2D eigenvalue weighted by Crippen LogP contribution is -2.02. The van der Waals surface area contributed by atoms with E-state index < -0.39 is 5.97 Å². The molecule has 0 bridgehead atoms. The normalized spacial score (nSPS) is 12.6. The predicted octanol–water partition coefficient (Wildman–Crippen LogP) is 3.49. The number of esters is 1. The first-order valence-electron chi connectivity index (χ1n) is 7.01. The van der Waals surface area contributed by atoms with Crippen molar-refractivity contribution in [1.29, 1.82) is 0 Å². The van der Waals surface area contributed by atoms with Crippen molar-refractivity contribution in [2.24, 2.45) is 0 Å². The maximum atomic E-state index is 11.6. The lowest BCUT2D eigenvalue weighted by molar-refractivity contribution is 0.0492. The highest BCUT2D eigenvalue weighted by molar-refractivity contribution is 5.92. The molecule has 0 saturated carbocycles. The molecule has 1 N–H and O–H groups in total. The summed E-state index contributed by atoms with van der Waals surface area (Å²) in [6, 6.07) is 7.59. The first kappa shape index (κ1) is 14.6. The fourth-order valence-corrected chi connectivity index (χ4v) is 2.38. The number of fused-ring (bicyclic) bond motifs is 1. The number of hydrogen-bond acceptors (Lipinski definition) is 4. The molecule has 4 heteroatoms.